The summed E-state index contributed by atoms with van der Waals surface area (Å²) in [6.45, 7) is 6.57. The fourth-order valence-corrected chi connectivity index (χ4v) is 0.922. The number of aromatic nitrogens is 2. The quantitative estimate of drug-likeness (QED) is 0.390. The molecule has 0 aromatic carbocycles. The van der Waals surface area contributed by atoms with Gasteiger partial charge in [0.1, 0.15) is 0 Å². The number of azide groups is 1. The van der Waals surface area contributed by atoms with E-state index in [4.69, 9.17) is 5.53 Å². The monoisotopic (exact) mass is 179 g/mol. The molecule has 5 heteroatoms. The molecule has 0 saturated heterocycles. The summed E-state index contributed by atoms with van der Waals surface area (Å²) in [5.74, 6) is 0. The normalized spacial score (nSPS) is 11.0. The zero-order chi connectivity index (χ0) is 9.90. The number of nitrogens with zero attached hydrogens (tertiary/aromatic N) is 5. The van der Waals surface area contributed by atoms with E-state index in [9.17, 15) is 0 Å². The van der Waals surface area contributed by atoms with Crippen molar-refractivity contribution in [1.82, 2.24) is 9.78 Å². The highest BCUT2D eigenvalue weighted by atomic mass is 15.3. The fourth-order valence-electron chi connectivity index (χ4n) is 0.922. The van der Waals surface area contributed by atoms with E-state index in [2.05, 4.69) is 35.9 Å². The molecule has 5 nitrogen and oxygen atoms in total. The molecule has 1 rings (SSSR count). The Labute approximate surface area is 77.0 Å². The molecule has 1 aromatic heterocycles. The lowest BCUT2D eigenvalue weighted by atomic mass is 10.1. The molecule has 70 valence electrons. The van der Waals surface area contributed by atoms with Gasteiger partial charge in [-0.05, 0) is 31.9 Å². The van der Waals surface area contributed by atoms with Gasteiger partial charge in [0.2, 0.25) is 0 Å². The van der Waals surface area contributed by atoms with Crippen LogP contribution in [0.15, 0.2) is 17.5 Å². The van der Waals surface area contributed by atoms with Gasteiger partial charge in [0.15, 0.2) is 0 Å². The first-order valence-corrected chi connectivity index (χ1v) is 4.09. The molecule has 1 heterocycles. The van der Waals surface area contributed by atoms with Crippen molar-refractivity contribution in [2.24, 2.45) is 5.11 Å². The van der Waals surface area contributed by atoms with Crippen LogP contribution < -0.4 is 0 Å². The maximum atomic E-state index is 8.13. The van der Waals surface area contributed by atoms with E-state index in [-0.39, 0.29) is 5.54 Å². The summed E-state index contributed by atoms with van der Waals surface area (Å²) < 4.78 is 1.86. The largest absolute Gasteiger partial charge is 0.267 e. The molecule has 1 aromatic rings. The highest BCUT2D eigenvalue weighted by Gasteiger charge is 2.13. The van der Waals surface area contributed by atoms with E-state index in [0.29, 0.717) is 6.54 Å². The Hall–Kier alpha value is -1.48. The summed E-state index contributed by atoms with van der Waals surface area (Å²) in [7, 11) is 0. The predicted octanol–water partition coefficient (Wildman–Crippen LogP) is 2.45. The zero-order valence-electron chi connectivity index (χ0n) is 8.10. The second-order valence-corrected chi connectivity index (χ2v) is 3.85. The standard InChI is InChI=1S/C8H13N5/c1-8(2,3)13-6-7(5-11-13)4-10-12-9/h5-6H,4H2,1-3H3. The minimum Gasteiger partial charge on any atom is -0.267 e. The van der Waals surface area contributed by atoms with Gasteiger partial charge >= 0.3 is 0 Å². The predicted molar refractivity (Wildman–Crippen MR) is 50.1 cm³/mol. The smallest absolute Gasteiger partial charge is 0.0543 e. The lowest BCUT2D eigenvalue weighted by Crippen LogP contribution is -2.21. The molecule has 0 atom stereocenters. The summed E-state index contributed by atoms with van der Waals surface area (Å²) >= 11 is 0. The van der Waals surface area contributed by atoms with Crippen LogP contribution in [0.3, 0.4) is 0 Å². The molecular weight excluding hydrogens is 166 g/mol. The molecule has 0 bridgehead atoms. The maximum absolute atomic E-state index is 8.13. The summed E-state index contributed by atoms with van der Waals surface area (Å²) in [5.41, 5.74) is 9.04. The van der Waals surface area contributed by atoms with Gasteiger partial charge in [-0.25, -0.2) is 0 Å². The molecule has 0 aliphatic rings. The van der Waals surface area contributed by atoms with Crippen molar-refractivity contribution >= 4 is 0 Å². The van der Waals surface area contributed by atoms with Crippen LogP contribution in [-0.2, 0) is 12.1 Å². The van der Waals surface area contributed by atoms with Gasteiger partial charge in [0.05, 0.1) is 18.3 Å². The molecule has 0 spiro atoms. The summed E-state index contributed by atoms with van der Waals surface area (Å²) in [6, 6.07) is 0. The fraction of sp³-hybridized carbons (Fsp3) is 0.625. The van der Waals surface area contributed by atoms with Gasteiger partial charge in [0.25, 0.3) is 0 Å². The van der Waals surface area contributed by atoms with Crippen molar-refractivity contribution in [2.45, 2.75) is 32.9 Å². The van der Waals surface area contributed by atoms with Crippen molar-refractivity contribution in [2.75, 3.05) is 0 Å². The topological polar surface area (TPSA) is 66.6 Å². The van der Waals surface area contributed by atoms with Gasteiger partial charge in [-0.3, -0.25) is 4.68 Å². The molecule has 0 fully saturated rings. The average Bonchev–Trinajstić information content (AvgIpc) is 2.47. The summed E-state index contributed by atoms with van der Waals surface area (Å²) in [6.07, 6.45) is 3.62. The Bertz CT molecular complexity index is 327. The van der Waals surface area contributed by atoms with Crippen molar-refractivity contribution in [1.29, 1.82) is 0 Å². The van der Waals surface area contributed by atoms with Gasteiger partial charge in [0, 0.05) is 11.1 Å². The van der Waals surface area contributed by atoms with Crippen LogP contribution in [-0.4, -0.2) is 9.78 Å². The first-order chi connectivity index (χ1) is 6.04. The van der Waals surface area contributed by atoms with Crippen LogP contribution in [0.1, 0.15) is 26.3 Å². The van der Waals surface area contributed by atoms with E-state index in [1.54, 1.807) is 6.20 Å². The van der Waals surface area contributed by atoms with Gasteiger partial charge < -0.3 is 0 Å². The maximum Gasteiger partial charge on any atom is 0.0543 e. The molecule has 0 aliphatic heterocycles. The van der Waals surface area contributed by atoms with E-state index in [1.165, 1.54) is 0 Å². The second kappa shape index (κ2) is 3.49. The number of hydrogen-bond donors (Lipinski definition) is 0. The highest BCUT2D eigenvalue weighted by molar-refractivity contribution is 5.04. The Kier molecular flexibility index (Phi) is 2.58. The second-order valence-electron chi connectivity index (χ2n) is 3.85. The summed E-state index contributed by atoms with van der Waals surface area (Å²) in [5, 5.41) is 7.64. The zero-order valence-corrected chi connectivity index (χ0v) is 8.10. The molecule has 0 saturated carbocycles. The minimum absolute atomic E-state index is 0.0192. The van der Waals surface area contributed by atoms with Gasteiger partial charge in [-0.15, -0.1) is 0 Å². The van der Waals surface area contributed by atoms with Crippen molar-refractivity contribution in [3.05, 3.63) is 28.4 Å². The molecule has 0 unspecified atom stereocenters. The van der Waals surface area contributed by atoms with Crippen LogP contribution in [0.5, 0.6) is 0 Å². The van der Waals surface area contributed by atoms with Crippen LogP contribution >= 0.6 is 0 Å². The van der Waals surface area contributed by atoms with Gasteiger partial charge in [-0.2, -0.15) is 5.10 Å². The molecule has 0 radical (unpaired) electrons. The Morgan fingerprint density at radius 3 is 2.77 bits per heavy atom. The molecular formula is C8H13N5. The Morgan fingerprint density at radius 1 is 1.62 bits per heavy atom. The highest BCUT2D eigenvalue weighted by Crippen LogP contribution is 2.13. The number of rotatable bonds is 2. The van der Waals surface area contributed by atoms with E-state index >= 15 is 0 Å². The third-order valence-corrected chi connectivity index (χ3v) is 1.64. The molecule has 0 amide bonds. The first-order valence-electron chi connectivity index (χ1n) is 4.09. The Morgan fingerprint density at radius 2 is 2.31 bits per heavy atom. The molecule has 0 aliphatic carbocycles. The SMILES string of the molecule is CC(C)(C)n1cc(CN=[N+]=[N-])cn1. The lowest BCUT2D eigenvalue weighted by Gasteiger charge is -2.18. The summed E-state index contributed by atoms with van der Waals surface area (Å²) in [4.78, 5) is 2.69. The van der Waals surface area contributed by atoms with E-state index in [0.717, 1.165) is 5.56 Å². The average molecular weight is 179 g/mol. The lowest BCUT2D eigenvalue weighted by molar-refractivity contribution is 0.355. The van der Waals surface area contributed by atoms with Crippen LogP contribution in [0.4, 0.5) is 0 Å². The number of hydrogen-bond acceptors (Lipinski definition) is 2. The van der Waals surface area contributed by atoms with Gasteiger partial charge in [-0.1, -0.05) is 5.11 Å². The van der Waals surface area contributed by atoms with Crippen LogP contribution in [0.2, 0.25) is 0 Å². The minimum atomic E-state index is -0.0192. The van der Waals surface area contributed by atoms with Crippen LogP contribution in [0.25, 0.3) is 10.4 Å². The van der Waals surface area contributed by atoms with E-state index in [1.807, 2.05) is 10.9 Å². The third kappa shape index (κ3) is 2.49. The molecule has 0 N–H and O–H groups in total. The Balaban J connectivity index is 2.80. The first kappa shape index (κ1) is 9.61. The van der Waals surface area contributed by atoms with Crippen LogP contribution in [0, 0.1) is 0 Å². The molecule has 13 heavy (non-hydrogen) atoms. The van der Waals surface area contributed by atoms with E-state index < -0.39 is 0 Å². The third-order valence-electron chi connectivity index (χ3n) is 1.64. The van der Waals surface area contributed by atoms with Crippen molar-refractivity contribution in [3.63, 3.8) is 0 Å². The van der Waals surface area contributed by atoms with Crippen molar-refractivity contribution in [3.8, 4) is 0 Å². The van der Waals surface area contributed by atoms with Crippen molar-refractivity contribution < 1.29 is 0 Å².